The Kier molecular flexibility index (Phi) is 6.46. The zero-order valence-corrected chi connectivity index (χ0v) is 14.3. The fourth-order valence-electron chi connectivity index (χ4n) is 2.29. The topological polar surface area (TPSA) is 119 Å². The number of carbonyl (C=O) groups excluding carboxylic acids is 3. The van der Waals surface area contributed by atoms with Gasteiger partial charge in [-0.15, -0.1) is 0 Å². The van der Waals surface area contributed by atoms with Crippen molar-refractivity contribution in [2.75, 3.05) is 0 Å². The predicted octanol–water partition coefficient (Wildman–Crippen LogP) is 1.92. The molecule has 0 radical (unpaired) electrons. The molecule has 7 nitrogen and oxygen atoms in total. The Morgan fingerprint density at radius 2 is 1.81 bits per heavy atom. The van der Waals surface area contributed by atoms with Crippen LogP contribution in [0.15, 0.2) is 48.5 Å². The summed E-state index contributed by atoms with van der Waals surface area (Å²) in [5.41, 5.74) is 7.34. The van der Waals surface area contributed by atoms with Crippen LogP contribution in [0.1, 0.15) is 28.4 Å². The van der Waals surface area contributed by atoms with E-state index in [4.69, 9.17) is 10.5 Å². The summed E-state index contributed by atoms with van der Waals surface area (Å²) in [5, 5.41) is 11.7. The molecular weight excluding hydrogens is 336 g/mol. The summed E-state index contributed by atoms with van der Waals surface area (Å²) in [6.07, 6.45) is -0.789. The Labute approximate surface area is 150 Å². The second kappa shape index (κ2) is 8.77. The quantitative estimate of drug-likeness (QED) is 0.681. The second-order valence-electron chi connectivity index (χ2n) is 5.77. The van der Waals surface area contributed by atoms with Crippen molar-refractivity contribution < 1.29 is 24.2 Å². The number of benzene rings is 2. The highest BCUT2D eigenvalue weighted by molar-refractivity contribution is 5.97. The molecule has 1 atom stereocenters. The predicted molar refractivity (Wildman–Crippen MR) is 94.6 cm³/mol. The molecule has 0 aliphatic rings. The van der Waals surface area contributed by atoms with E-state index in [0.717, 1.165) is 5.56 Å². The normalized spacial score (nSPS) is 11.5. The van der Waals surface area contributed by atoms with E-state index in [1.165, 1.54) is 19.1 Å². The van der Waals surface area contributed by atoms with Crippen LogP contribution >= 0.6 is 0 Å². The highest BCUT2D eigenvalue weighted by atomic mass is 16.5. The molecule has 0 aliphatic heterocycles. The summed E-state index contributed by atoms with van der Waals surface area (Å²) in [4.78, 5) is 35.1. The third kappa shape index (κ3) is 5.42. The number of alkyl carbamates (subject to hydrolysis) is 1. The number of nitrogens with two attached hydrogens (primary N) is 1. The van der Waals surface area contributed by atoms with Gasteiger partial charge in [-0.05, 0) is 36.6 Å². The third-order valence-corrected chi connectivity index (χ3v) is 3.67. The number of phenols is 1. The van der Waals surface area contributed by atoms with Crippen LogP contribution in [0, 0.1) is 0 Å². The van der Waals surface area contributed by atoms with Crippen LogP contribution in [-0.2, 0) is 22.6 Å². The lowest BCUT2D eigenvalue weighted by molar-refractivity contribution is -0.121. The number of phenolic OH excluding ortho intramolecular Hbond substituents is 1. The molecule has 0 aliphatic carbocycles. The van der Waals surface area contributed by atoms with Crippen molar-refractivity contribution in [1.29, 1.82) is 0 Å². The highest BCUT2D eigenvalue weighted by Gasteiger charge is 2.18. The smallest absolute Gasteiger partial charge is 0.414 e. The van der Waals surface area contributed by atoms with Crippen molar-refractivity contribution in [3.63, 3.8) is 0 Å². The Hall–Kier alpha value is -3.19. The number of ketones is 1. The maximum Gasteiger partial charge on any atom is 0.414 e. The summed E-state index contributed by atoms with van der Waals surface area (Å²) in [7, 11) is 0. The van der Waals surface area contributed by atoms with Gasteiger partial charge < -0.3 is 15.6 Å². The van der Waals surface area contributed by atoms with Gasteiger partial charge in [0.2, 0.25) is 5.91 Å². The number of carbonyl (C=O) groups is 3. The van der Waals surface area contributed by atoms with Crippen LogP contribution in [0.2, 0.25) is 0 Å². The van der Waals surface area contributed by atoms with Crippen LogP contribution in [0.5, 0.6) is 5.75 Å². The number of aromatic hydroxyl groups is 1. The van der Waals surface area contributed by atoms with Crippen molar-refractivity contribution in [3.8, 4) is 5.75 Å². The van der Waals surface area contributed by atoms with Crippen LogP contribution in [0.3, 0.4) is 0 Å². The zero-order valence-electron chi connectivity index (χ0n) is 14.3. The molecule has 0 bridgehead atoms. The Morgan fingerprint density at radius 1 is 1.12 bits per heavy atom. The summed E-state index contributed by atoms with van der Waals surface area (Å²) >= 11 is 0. The average molecular weight is 356 g/mol. The van der Waals surface area contributed by atoms with Crippen LogP contribution in [0.25, 0.3) is 0 Å². The number of Topliss-reactive ketones (excluding diaryl/α,β-unsaturated/α-hetero) is 1. The summed E-state index contributed by atoms with van der Waals surface area (Å²) in [6, 6.07) is 12.4. The first-order valence-electron chi connectivity index (χ1n) is 7.96. The maximum atomic E-state index is 12.0. The minimum absolute atomic E-state index is 0.0368. The first-order chi connectivity index (χ1) is 12.4. The maximum absolute atomic E-state index is 12.0. The lowest BCUT2D eigenvalue weighted by atomic mass is 10.0. The molecule has 2 aromatic carbocycles. The number of rotatable bonds is 6. The number of amides is 2. The Balaban J connectivity index is 1.88. The monoisotopic (exact) mass is 356 g/mol. The number of ether oxygens (including phenoxy) is 1. The van der Waals surface area contributed by atoms with E-state index >= 15 is 0 Å². The molecule has 2 amide bonds. The van der Waals surface area contributed by atoms with Gasteiger partial charge in [-0.25, -0.2) is 4.79 Å². The number of hydrogen-bond donors (Lipinski definition) is 3. The average Bonchev–Trinajstić information content (AvgIpc) is 2.62. The molecule has 136 valence electrons. The van der Waals surface area contributed by atoms with Crippen molar-refractivity contribution in [2.24, 2.45) is 5.73 Å². The van der Waals surface area contributed by atoms with E-state index in [1.807, 2.05) is 18.2 Å². The fourth-order valence-corrected chi connectivity index (χ4v) is 2.29. The summed E-state index contributed by atoms with van der Waals surface area (Å²) in [6.45, 7) is 1.36. The van der Waals surface area contributed by atoms with Gasteiger partial charge in [-0.1, -0.05) is 36.4 Å². The number of hydrogen-bond acceptors (Lipinski definition) is 6. The van der Waals surface area contributed by atoms with E-state index < -0.39 is 18.0 Å². The zero-order chi connectivity index (χ0) is 19.1. The molecule has 0 heterocycles. The van der Waals surface area contributed by atoms with E-state index in [1.54, 1.807) is 18.2 Å². The van der Waals surface area contributed by atoms with Gasteiger partial charge in [0.1, 0.15) is 12.4 Å². The number of nitrogens with one attached hydrogen (secondary N) is 1. The molecule has 0 saturated heterocycles. The van der Waals surface area contributed by atoms with Crippen LogP contribution < -0.4 is 11.1 Å². The van der Waals surface area contributed by atoms with Gasteiger partial charge >= 0.3 is 6.09 Å². The largest absolute Gasteiger partial charge is 0.507 e. The molecule has 0 spiro atoms. The summed E-state index contributed by atoms with van der Waals surface area (Å²) < 4.78 is 4.96. The van der Waals surface area contributed by atoms with E-state index in [9.17, 15) is 19.5 Å². The number of imide groups is 1. The van der Waals surface area contributed by atoms with Gasteiger partial charge in [0, 0.05) is 0 Å². The SMILES string of the molecule is CC(=O)c1cc(C[C@H](N)C(=O)NC(=O)OCc2ccccc2)ccc1O. The minimum atomic E-state index is -1.01. The van der Waals surface area contributed by atoms with Gasteiger partial charge in [0.05, 0.1) is 11.6 Å². The van der Waals surface area contributed by atoms with Crippen molar-refractivity contribution in [2.45, 2.75) is 26.0 Å². The van der Waals surface area contributed by atoms with Crippen LogP contribution in [0.4, 0.5) is 4.79 Å². The van der Waals surface area contributed by atoms with Gasteiger partial charge in [0.25, 0.3) is 0 Å². The molecule has 4 N–H and O–H groups in total. The standard InChI is InChI=1S/C19H20N2O5/c1-12(22)15-9-14(7-8-17(15)23)10-16(20)18(24)21-19(25)26-11-13-5-3-2-4-6-13/h2-9,16,23H,10-11,20H2,1H3,(H,21,24,25)/t16-/m0/s1. The molecule has 2 rings (SSSR count). The van der Waals surface area contributed by atoms with E-state index in [-0.39, 0.29) is 30.1 Å². The highest BCUT2D eigenvalue weighted by Crippen LogP contribution is 2.19. The molecule has 0 unspecified atom stereocenters. The van der Waals surface area contributed by atoms with Crippen molar-refractivity contribution >= 4 is 17.8 Å². The first-order valence-corrected chi connectivity index (χ1v) is 7.96. The summed E-state index contributed by atoms with van der Waals surface area (Å²) in [5.74, 6) is -1.13. The molecule has 26 heavy (non-hydrogen) atoms. The first kappa shape index (κ1) is 19.1. The van der Waals surface area contributed by atoms with Crippen molar-refractivity contribution in [3.05, 3.63) is 65.2 Å². The molecular formula is C19H20N2O5. The Bertz CT molecular complexity index is 805. The molecule has 0 fully saturated rings. The third-order valence-electron chi connectivity index (χ3n) is 3.67. The lowest BCUT2D eigenvalue weighted by Gasteiger charge is -2.13. The molecule has 0 saturated carbocycles. The fraction of sp³-hybridized carbons (Fsp3) is 0.211. The van der Waals surface area contributed by atoms with Gasteiger partial charge in [-0.3, -0.25) is 14.9 Å². The minimum Gasteiger partial charge on any atom is -0.507 e. The lowest BCUT2D eigenvalue weighted by Crippen LogP contribution is -2.44. The molecule has 0 aromatic heterocycles. The van der Waals surface area contributed by atoms with Crippen LogP contribution in [-0.4, -0.2) is 28.9 Å². The molecule has 2 aromatic rings. The van der Waals surface area contributed by atoms with E-state index in [2.05, 4.69) is 5.32 Å². The Morgan fingerprint density at radius 3 is 2.46 bits per heavy atom. The van der Waals surface area contributed by atoms with E-state index in [0.29, 0.717) is 5.56 Å². The second-order valence-corrected chi connectivity index (χ2v) is 5.77. The van der Waals surface area contributed by atoms with Gasteiger partial charge in [-0.2, -0.15) is 0 Å². The molecule has 7 heteroatoms. The van der Waals surface area contributed by atoms with Crippen molar-refractivity contribution in [1.82, 2.24) is 5.32 Å². The van der Waals surface area contributed by atoms with Gasteiger partial charge in [0.15, 0.2) is 5.78 Å².